The van der Waals surface area contributed by atoms with Crippen LogP contribution in [0.3, 0.4) is 0 Å². The maximum atomic E-state index is 13.2. The van der Waals surface area contributed by atoms with E-state index in [0.29, 0.717) is 22.4 Å². The number of hydrogen-bond donors (Lipinski definition) is 2. The van der Waals surface area contributed by atoms with E-state index in [9.17, 15) is 13.9 Å². The lowest BCUT2D eigenvalue weighted by Crippen LogP contribution is -2.01. The van der Waals surface area contributed by atoms with Gasteiger partial charge in [-0.25, -0.2) is 8.78 Å². The number of benzene rings is 1. The summed E-state index contributed by atoms with van der Waals surface area (Å²) in [5, 5.41) is 17.0. The molecule has 0 saturated heterocycles. The molecule has 0 saturated carbocycles. The number of halogens is 2. The smallest absolute Gasteiger partial charge is 0.141 e. The Morgan fingerprint density at radius 2 is 1.76 bits per heavy atom. The van der Waals surface area contributed by atoms with Gasteiger partial charge in [0.15, 0.2) is 0 Å². The molecule has 0 spiro atoms. The van der Waals surface area contributed by atoms with E-state index >= 15 is 0 Å². The minimum Gasteiger partial charge on any atom is -0.383 e. The number of nitrogens with zero attached hydrogens (tertiary/aromatic N) is 2. The maximum Gasteiger partial charge on any atom is 0.141 e. The van der Waals surface area contributed by atoms with Gasteiger partial charge in [0.2, 0.25) is 0 Å². The van der Waals surface area contributed by atoms with Gasteiger partial charge in [0.05, 0.1) is 18.1 Å². The van der Waals surface area contributed by atoms with Crippen molar-refractivity contribution in [1.29, 1.82) is 0 Å². The lowest BCUT2D eigenvalue weighted by atomic mass is 10.00. The molecule has 0 bridgehead atoms. The number of pyridine rings is 1. The first-order chi connectivity index (χ1) is 10.1. The van der Waals surface area contributed by atoms with E-state index in [0.717, 1.165) is 6.20 Å². The Morgan fingerprint density at radius 1 is 1.00 bits per heavy atom. The van der Waals surface area contributed by atoms with E-state index in [4.69, 9.17) is 0 Å². The fourth-order valence-electron chi connectivity index (χ4n) is 2.11. The number of rotatable bonds is 3. The Morgan fingerprint density at radius 3 is 2.48 bits per heavy atom. The molecule has 0 radical (unpaired) electrons. The summed E-state index contributed by atoms with van der Waals surface area (Å²) in [6.07, 6.45) is 2.82. The molecule has 2 heterocycles. The second-order valence-electron chi connectivity index (χ2n) is 4.55. The summed E-state index contributed by atoms with van der Waals surface area (Å²) in [6, 6.07) is 6.98. The van der Waals surface area contributed by atoms with Crippen molar-refractivity contribution in [2.24, 2.45) is 0 Å². The SMILES string of the molecule is OC(c1cncc(F)c1)c1cn[nH]c1-c1ccc(F)cc1. The number of aliphatic hydroxyl groups is 1. The van der Waals surface area contributed by atoms with E-state index in [1.807, 2.05) is 0 Å². The predicted octanol–water partition coefficient (Wildman–Crippen LogP) is 2.83. The van der Waals surface area contributed by atoms with E-state index in [1.54, 1.807) is 12.1 Å². The Hall–Kier alpha value is -2.60. The summed E-state index contributed by atoms with van der Waals surface area (Å²) in [5.74, 6) is -0.881. The van der Waals surface area contributed by atoms with Crippen LogP contribution in [0.15, 0.2) is 48.9 Å². The molecule has 0 fully saturated rings. The monoisotopic (exact) mass is 287 g/mol. The molecular formula is C15H11F2N3O. The van der Waals surface area contributed by atoms with Gasteiger partial charge in [-0.15, -0.1) is 0 Å². The lowest BCUT2D eigenvalue weighted by Gasteiger charge is -2.11. The summed E-state index contributed by atoms with van der Waals surface area (Å²) in [5.41, 5.74) is 2.01. The highest BCUT2D eigenvalue weighted by molar-refractivity contribution is 5.63. The summed E-state index contributed by atoms with van der Waals surface area (Å²) in [4.78, 5) is 3.71. The van der Waals surface area contributed by atoms with Gasteiger partial charge in [-0.3, -0.25) is 10.1 Å². The average Bonchev–Trinajstić information content (AvgIpc) is 2.96. The Bertz CT molecular complexity index is 756. The Kier molecular flexibility index (Phi) is 3.45. The Balaban J connectivity index is 2.00. The van der Waals surface area contributed by atoms with Gasteiger partial charge in [0.25, 0.3) is 0 Å². The molecule has 1 unspecified atom stereocenters. The highest BCUT2D eigenvalue weighted by Crippen LogP contribution is 2.30. The van der Waals surface area contributed by atoms with Gasteiger partial charge in [-0.05, 0) is 30.3 Å². The zero-order valence-electron chi connectivity index (χ0n) is 10.8. The number of aromatic nitrogens is 3. The van der Waals surface area contributed by atoms with Crippen molar-refractivity contribution in [3.05, 3.63) is 71.7 Å². The molecular weight excluding hydrogens is 276 g/mol. The number of nitrogens with one attached hydrogen (secondary N) is 1. The normalized spacial score (nSPS) is 12.3. The van der Waals surface area contributed by atoms with Gasteiger partial charge in [0, 0.05) is 22.9 Å². The molecule has 0 aliphatic carbocycles. The number of aromatic amines is 1. The third-order valence-electron chi connectivity index (χ3n) is 3.14. The second-order valence-corrected chi connectivity index (χ2v) is 4.55. The standard InChI is InChI=1S/C15H11F2N3O/c16-11-3-1-9(2-4-11)14-13(8-19-20-14)15(21)10-5-12(17)7-18-6-10/h1-8,15,21H,(H,19,20). The fourth-order valence-corrected chi connectivity index (χ4v) is 2.11. The van der Waals surface area contributed by atoms with E-state index in [1.165, 1.54) is 30.6 Å². The van der Waals surface area contributed by atoms with Crippen LogP contribution in [0.4, 0.5) is 8.78 Å². The molecule has 1 atom stereocenters. The third-order valence-corrected chi connectivity index (χ3v) is 3.14. The molecule has 21 heavy (non-hydrogen) atoms. The third kappa shape index (κ3) is 2.66. The van der Waals surface area contributed by atoms with Crippen LogP contribution in [0.5, 0.6) is 0 Å². The van der Waals surface area contributed by atoms with Crippen molar-refractivity contribution in [1.82, 2.24) is 15.2 Å². The first-order valence-electron chi connectivity index (χ1n) is 6.23. The number of hydrogen-bond acceptors (Lipinski definition) is 3. The van der Waals surface area contributed by atoms with Gasteiger partial charge in [0.1, 0.15) is 17.7 Å². The van der Waals surface area contributed by atoms with E-state index in [-0.39, 0.29) is 5.82 Å². The highest BCUT2D eigenvalue weighted by Gasteiger charge is 2.18. The predicted molar refractivity (Wildman–Crippen MR) is 72.2 cm³/mol. The summed E-state index contributed by atoms with van der Waals surface area (Å²) < 4.78 is 26.2. The number of aliphatic hydroxyl groups excluding tert-OH is 1. The van der Waals surface area contributed by atoms with Crippen LogP contribution in [0, 0.1) is 11.6 Å². The molecule has 106 valence electrons. The minimum absolute atomic E-state index is 0.319. The van der Waals surface area contributed by atoms with Crippen molar-refractivity contribution >= 4 is 0 Å². The van der Waals surface area contributed by atoms with Gasteiger partial charge >= 0.3 is 0 Å². The lowest BCUT2D eigenvalue weighted by molar-refractivity contribution is 0.220. The van der Waals surface area contributed by atoms with Crippen LogP contribution in [0.25, 0.3) is 11.3 Å². The van der Waals surface area contributed by atoms with Crippen LogP contribution in [0.1, 0.15) is 17.2 Å². The first-order valence-corrected chi connectivity index (χ1v) is 6.23. The first kappa shape index (κ1) is 13.4. The zero-order chi connectivity index (χ0) is 14.8. The number of H-pyrrole nitrogens is 1. The minimum atomic E-state index is -1.08. The molecule has 2 aromatic heterocycles. The molecule has 1 aromatic carbocycles. The summed E-state index contributed by atoms with van der Waals surface area (Å²) in [7, 11) is 0. The van der Waals surface area contributed by atoms with Crippen molar-refractivity contribution in [2.45, 2.75) is 6.10 Å². The summed E-state index contributed by atoms with van der Waals surface area (Å²) in [6.45, 7) is 0. The summed E-state index contributed by atoms with van der Waals surface area (Å²) >= 11 is 0. The van der Waals surface area contributed by atoms with Crippen molar-refractivity contribution in [2.75, 3.05) is 0 Å². The second kappa shape index (κ2) is 5.41. The van der Waals surface area contributed by atoms with Crippen molar-refractivity contribution in [3.8, 4) is 11.3 Å². The molecule has 0 aliphatic heterocycles. The van der Waals surface area contributed by atoms with Crippen LogP contribution >= 0.6 is 0 Å². The van der Waals surface area contributed by atoms with Gasteiger partial charge < -0.3 is 5.11 Å². The Labute approximate surface area is 119 Å². The topological polar surface area (TPSA) is 61.8 Å². The molecule has 3 aromatic rings. The largest absolute Gasteiger partial charge is 0.383 e. The highest BCUT2D eigenvalue weighted by atomic mass is 19.1. The van der Waals surface area contributed by atoms with Crippen LogP contribution in [0.2, 0.25) is 0 Å². The molecule has 0 amide bonds. The molecule has 3 rings (SSSR count). The fraction of sp³-hybridized carbons (Fsp3) is 0.0667. The molecule has 4 nitrogen and oxygen atoms in total. The van der Waals surface area contributed by atoms with Crippen LogP contribution < -0.4 is 0 Å². The zero-order valence-corrected chi connectivity index (χ0v) is 10.8. The van der Waals surface area contributed by atoms with E-state index < -0.39 is 11.9 Å². The van der Waals surface area contributed by atoms with Crippen LogP contribution in [-0.2, 0) is 0 Å². The van der Waals surface area contributed by atoms with Crippen molar-refractivity contribution in [3.63, 3.8) is 0 Å². The molecule has 6 heteroatoms. The van der Waals surface area contributed by atoms with E-state index in [2.05, 4.69) is 15.2 Å². The maximum absolute atomic E-state index is 13.2. The molecule has 2 N–H and O–H groups in total. The average molecular weight is 287 g/mol. The van der Waals surface area contributed by atoms with Gasteiger partial charge in [-0.1, -0.05) is 0 Å². The quantitative estimate of drug-likeness (QED) is 0.778. The van der Waals surface area contributed by atoms with Crippen LogP contribution in [-0.4, -0.2) is 20.3 Å². The molecule has 0 aliphatic rings. The van der Waals surface area contributed by atoms with Gasteiger partial charge in [-0.2, -0.15) is 5.10 Å². The van der Waals surface area contributed by atoms with Crippen molar-refractivity contribution < 1.29 is 13.9 Å².